The van der Waals surface area contributed by atoms with Crippen LogP contribution in [-0.2, 0) is 14.4 Å². The molecule has 116 valence electrons. The van der Waals surface area contributed by atoms with Gasteiger partial charge >= 0.3 is 0 Å². The predicted octanol–water partition coefficient (Wildman–Crippen LogP) is 1.07. The zero-order chi connectivity index (χ0) is 16.1. The molecule has 3 aliphatic rings. The maximum Gasteiger partial charge on any atom is 0.285 e. The molecule has 0 aromatic heterocycles. The molecule has 0 saturated heterocycles. The first kappa shape index (κ1) is 15.1. The van der Waals surface area contributed by atoms with Gasteiger partial charge in [0, 0.05) is 5.70 Å². The number of hydrogen-bond donors (Lipinski definition) is 2. The number of carbonyl (C=O) groups excluding carboxylic acids is 3. The third-order valence-corrected chi connectivity index (χ3v) is 5.76. The Morgan fingerprint density at radius 3 is 2.68 bits per heavy atom. The third-order valence-electron chi connectivity index (χ3n) is 4.36. The highest BCUT2D eigenvalue weighted by molar-refractivity contribution is 8.04. The van der Waals surface area contributed by atoms with Crippen molar-refractivity contribution >= 4 is 29.2 Å². The van der Waals surface area contributed by atoms with Gasteiger partial charge in [-0.2, -0.15) is 0 Å². The summed E-state index contributed by atoms with van der Waals surface area (Å²) in [5.41, 5.74) is 5.37. The normalized spacial score (nSPS) is 32.1. The Morgan fingerprint density at radius 1 is 1.32 bits per heavy atom. The monoisotopic (exact) mass is 318 g/mol. The van der Waals surface area contributed by atoms with Crippen LogP contribution in [0.4, 0.5) is 0 Å². The summed E-state index contributed by atoms with van der Waals surface area (Å²) in [5.74, 6) is -3.10. The second-order valence-electron chi connectivity index (χ2n) is 6.52. The Bertz CT molecular complexity index is 660. The number of primary amides is 1. The lowest BCUT2D eigenvalue weighted by molar-refractivity contribution is -0.145. The van der Waals surface area contributed by atoms with E-state index in [1.165, 1.54) is 11.8 Å². The van der Waals surface area contributed by atoms with Crippen LogP contribution in [-0.4, -0.2) is 28.8 Å². The summed E-state index contributed by atoms with van der Waals surface area (Å²) in [6, 6.07) is 0.153. The molecule has 1 heterocycles. The van der Waals surface area contributed by atoms with Gasteiger partial charge in [-0.25, -0.2) is 0 Å². The molecule has 6 heteroatoms. The van der Waals surface area contributed by atoms with Crippen molar-refractivity contribution in [2.45, 2.75) is 31.6 Å². The van der Waals surface area contributed by atoms with E-state index >= 15 is 0 Å². The molecule has 0 unspecified atom stereocenters. The lowest BCUT2D eigenvalue weighted by atomic mass is 9.67. The van der Waals surface area contributed by atoms with Crippen LogP contribution in [0.3, 0.4) is 0 Å². The van der Waals surface area contributed by atoms with Gasteiger partial charge in [0.25, 0.3) is 5.91 Å². The van der Waals surface area contributed by atoms with Crippen LogP contribution in [0, 0.1) is 11.3 Å². The summed E-state index contributed by atoms with van der Waals surface area (Å²) < 4.78 is 0. The van der Waals surface area contributed by atoms with Gasteiger partial charge in [-0.15, -0.1) is 11.8 Å². The van der Waals surface area contributed by atoms with Crippen LogP contribution in [0.1, 0.15) is 20.3 Å². The fraction of sp³-hybridized carbons (Fsp3) is 0.438. The van der Waals surface area contributed by atoms with Crippen LogP contribution in [0.5, 0.6) is 0 Å². The number of ketones is 2. The van der Waals surface area contributed by atoms with E-state index in [0.29, 0.717) is 11.3 Å². The molecule has 2 aliphatic carbocycles. The zero-order valence-electron chi connectivity index (χ0n) is 12.5. The molecule has 5 nitrogen and oxygen atoms in total. The van der Waals surface area contributed by atoms with Crippen molar-refractivity contribution in [2.75, 3.05) is 0 Å². The van der Waals surface area contributed by atoms with Gasteiger partial charge in [-0.1, -0.05) is 38.2 Å². The first-order valence-corrected chi connectivity index (χ1v) is 8.08. The van der Waals surface area contributed by atoms with Gasteiger partial charge in [0.15, 0.2) is 5.78 Å². The van der Waals surface area contributed by atoms with Gasteiger partial charge in [-0.3, -0.25) is 14.4 Å². The number of thioether (sulfide) groups is 1. The Morgan fingerprint density at radius 2 is 2.00 bits per heavy atom. The third kappa shape index (κ3) is 2.31. The van der Waals surface area contributed by atoms with Crippen molar-refractivity contribution in [1.82, 2.24) is 5.32 Å². The van der Waals surface area contributed by atoms with Crippen LogP contribution >= 0.6 is 11.8 Å². The zero-order valence-corrected chi connectivity index (χ0v) is 13.3. The van der Waals surface area contributed by atoms with E-state index in [4.69, 9.17) is 5.73 Å². The van der Waals surface area contributed by atoms with Gasteiger partial charge in [0.1, 0.15) is 0 Å². The number of nitrogens with one attached hydrogen (secondary N) is 1. The average Bonchev–Trinajstić information content (AvgIpc) is 2.44. The summed E-state index contributed by atoms with van der Waals surface area (Å²) >= 11 is 1.47. The molecule has 3 N–H and O–H groups in total. The summed E-state index contributed by atoms with van der Waals surface area (Å²) in [4.78, 5) is 36.8. The van der Waals surface area contributed by atoms with E-state index < -0.39 is 23.0 Å². The second-order valence-corrected chi connectivity index (χ2v) is 7.71. The molecular formula is C16H18N2O3S. The first-order valence-electron chi connectivity index (χ1n) is 7.20. The lowest BCUT2D eigenvalue weighted by Crippen LogP contribution is -2.51. The van der Waals surface area contributed by atoms with E-state index in [9.17, 15) is 14.4 Å². The Labute approximate surface area is 133 Å². The van der Waals surface area contributed by atoms with Crippen LogP contribution in [0.25, 0.3) is 0 Å². The highest BCUT2D eigenvalue weighted by Crippen LogP contribution is 2.47. The fourth-order valence-electron chi connectivity index (χ4n) is 3.30. The molecule has 1 amide bonds. The molecule has 0 bridgehead atoms. The molecule has 0 spiro atoms. The minimum absolute atomic E-state index is 0.123. The summed E-state index contributed by atoms with van der Waals surface area (Å²) in [7, 11) is 0. The summed E-state index contributed by atoms with van der Waals surface area (Å²) in [5, 5.41) is 3.53. The van der Waals surface area contributed by atoms with Crippen molar-refractivity contribution in [3.8, 4) is 0 Å². The molecular weight excluding hydrogens is 300 g/mol. The number of rotatable bonds is 2. The molecule has 0 radical (unpaired) electrons. The number of allylic oxidation sites excluding steroid dienone is 4. The molecule has 3 rings (SSSR count). The standard InChI is InChI=1S/C16H18N2O3S/c1-16(2)7-9-14(12(19)11(16)13(20)15(17)21)22-10-6-4-3-5-8(10)18-9/h3-6,8,10-11,18H,7H2,1-2H3,(H2,17,21)/t8-,10+,11-/m0/s1. The SMILES string of the molecule is CC1(C)CC2=C(S[C@@H]3C=CC=C[C@@H]3N2)C(=O)[C@H]1C(=O)C(N)=O. The number of Topliss-reactive ketones (excluding diaryl/α,β-unsaturated/α-hetero) is 2. The van der Waals surface area contributed by atoms with Gasteiger partial charge in [0.2, 0.25) is 5.78 Å². The van der Waals surface area contributed by atoms with Crippen molar-refractivity contribution < 1.29 is 14.4 Å². The smallest absolute Gasteiger partial charge is 0.285 e. The molecule has 1 aliphatic heterocycles. The largest absolute Gasteiger partial charge is 0.380 e. The number of carbonyl (C=O) groups is 3. The Kier molecular flexibility index (Phi) is 3.51. The number of amides is 1. The quantitative estimate of drug-likeness (QED) is 0.587. The molecule has 0 aromatic rings. The number of hydrogen-bond acceptors (Lipinski definition) is 5. The molecule has 0 aromatic carbocycles. The van der Waals surface area contributed by atoms with Crippen molar-refractivity contribution in [3.63, 3.8) is 0 Å². The molecule has 3 atom stereocenters. The average molecular weight is 318 g/mol. The lowest BCUT2D eigenvalue weighted by Gasteiger charge is -2.43. The van der Waals surface area contributed by atoms with E-state index in [1.807, 2.05) is 32.1 Å². The van der Waals surface area contributed by atoms with Gasteiger partial charge < -0.3 is 11.1 Å². The molecule has 0 saturated carbocycles. The van der Waals surface area contributed by atoms with E-state index in [0.717, 1.165) is 5.70 Å². The maximum atomic E-state index is 12.8. The minimum Gasteiger partial charge on any atom is -0.380 e. The second kappa shape index (κ2) is 5.12. The molecule has 0 fully saturated rings. The van der Waals surface area contributed by atoms with Gasteiger partial charge in [0.05, 0.1) is 22.1 Å². The van der Waals surface area contributed by atoms with Gasteiger partial charge in [-0.05, 0) is 11.8 Å². The van der Waals surface area contributed by atoms with Crippen LogP contribution in [0.15, 0.2) is 34.9 Å². The Hall–Kier alpha value is -1.82. The maximum absolute atomic E-state index is 12.8. The summed E-state index contributed by atoms with van der Waals surface area (Å²) in [6.07, 6.45) is 8.58. The number of fused-ring (bicyclic) bond motifs is 1. The van der Waals surface area contributed by atoms with E-state index in [-0.39, 0.29) is 17.1 Å². The highest BCUT2D eigenvalue weighted by atomic mass is 32.2. The fourth-order valence-corrected chi connectivity index (χ4v) is 4.56. The predicted molar refractivity (Wildman–Crippen MR) is 84.7 cm³/mol. The van der Waals surface area contributed by atoms with Crippen LogP contribution in [0.2, 0.25) is 0 Å². The topological polar surface area (TPSA) is 89.3 Å². The van der Waals surface area contributed by atoms with Crippen LogP contribution < -0.4 is 11.1 Å². The van der Waals surface area contributed by atoms with Crippen molar-refractivity contribution in [1.29, 1.82) is 0 Å². The van der Waals surface area contributed by atoms with E-state index in [2.05, 4.69) is 11.4 Å². The van der Waals surface area contributed by atoms with Crippen molar-refractivity contribution in [2.24, 2.45) is 17.1 Å². The first-order chi connectivity index (χ1) is 10.3. The highest BCUT2D eigenvalue weighted by Gasteiger charge is 2.50. The minimum atomic E-state index is -1.04. The number of nitrogens with two attached hydrogens (primary N) is 1. The summed E-state index contributed by atoms with van der Waals surface area (Å²) in [6.45, 7) is 3.66. The Balaban J connectivity index is 1.99. The van der Waals surface area contributed by atoms with E-state index in [1.54, 1.807) is 0 Å². The van der Waals surface area contributed by atoms with Crippen molar-refractivity contribution in [3.05, 3.63) is 34.9 Å². The molecule has 22 heavy (non-hydrogen) atoms.